The number of esters is 1. The van der Waals surface area contributed by atoms with Gasteiger partial charge in [0.15, 0.2) is 11.0 Å². The quantitative estimate of drug-likeness (QED) is 0.595. The first-order valence-electron chi connectivity index (χ1n) is 7.15. The minimum atomic E-state index is -0.284. The van der Waals surface area contributed by atoms with Crippen LogP contribution in [-0.2, 0) is 20.8 Å². The van der Waals surface area contributed by atoms with Gasteiger partial charge in [-0.3, -0.25) is 4.79 Å². The van der Waals surface area contributed by atoms with Gasteiger partial charge in [0.25, 0.3) is 0 Å². The lowest BCUT2D eigenvalue weighted by atomic mass is 10.2. The average molecular weight is 314 g/mol. The molecule has 0 radical (unpaired) electrons. The van der Waals surface area contributed by atoms with Gasteiger partial charge in [-0.1, -0.05) is 18.7 Å². The molecule has 8 heteroatoms. The third kappa shape index (κ3) is 4.18. The maximum Gasteiger partial charge on any atom is 0.316 e. The first kappa shape index (κ1) is 16.3. The molecular formula is C13H22N4O3S. The van der Waals surface area contributed by atoms with E-state index in [9.17, 15) is 4.79 Å². The SMILES string of the molecule is CCC(N)c1nnc(SCC(=O)OC)n1CC1CCCO1. The molecule has 0 saturated carbocycles. The molecule has 2 heterocycles. The van der Waals surface area contributed by atoms with E-state index in [1.54, 1.807) is 0 Å². The lowest BCUT2D eigenvalue weighted by molar-refractivity contribution is -0.137. The Morgan fingerprint density at radius 2 is 2.43 bits per heavy atom. The van der Waals surface area contributed by atoms with Crippen LogP contribution in [0.3, 0.4) is 0 Å². The van der Waals surface area contributed by atoms with Gasteiger partial charge in [-0.2, -0.15) is 0 Å². The Bertz CT molecular complexity index is 474. The Morgan fingerprint density at radius 3 is 3.05 bits per heavy atom. The van der Waals surface area contributed by atoms with Gasteiger partial charge in [0.2, 0.25) is 0 Å². The van der Waals surface area contributed by atoms with Crippen molar-refractivity contribution in [1.82, 2.24) is 14.8 Å². The highest BCUT2D eigenvalue weighted by molar-refractivity contribution is 7.99. The van der Waals surface area contributed by atoms with Gasteiger partial charge >= 0.3 is 5.97 Å². The van der Waals surface area contributed by atoms with Gasteiger partial charge in [-0.05, 0) is 19.3 Å². The zero-order chi connectivity index (χ0) is 15.2. The zero-order valence-electron chi connectivity index (χ0n) is 12.4. The molecule has 2 rings (SSSR count). The summed E-state index contributed by atoms with van der Waals surface area (Å²) in [5, 5.41) is 9.05. The number of hydrogen-bond acceptors (Lipinski definition) is 7. The van der Waals surface area contributed by atoms with Crippen molar-refractivity contribution < 1.29 is 14.3 Å². The molecule has 21 heavy (non-hydrogen) atoms. The van der Waals surface area contributed by atoms with Crippen molar-refractivity contribution in [2.45, 2.75) is 50.0 Å². The van der Waals surface area contributed by atoms with Gasteiger partial charge < -0.3 is 19.8 Å². The molecule has 1 fully saturated rings. The maximum absolute atomic E-state index is 11.3. The van der Waals surface area contributed by atoms with Crippen molar-refractivity contribution in [2.75, 3.05) is 19.5 Å². The second kappa shape index (κ2) is 7.77. The van der Waals surface area contributed by atoms with E-state index in [1.807, 2.05) is 11.5 Å². The Hall–Kier alpha value is -1.12. The van der Waals surface area contributed by atoms with Crippen LogP contribution in [0.4, 0.5) is 0 Å². The van der Waals surface area contributed by atoms with E-state index < -0.39 is 0 Å². The van der Waals surface area contributed by atoms with E-state index in [1.165, 1.54) is 18.9 Å². The fourth-order valence-corrected chi connectivity index (χ4v) is 3.00. The number of hydrogen-bond donors (Lipinski definition) is 1. The summed E-state index contributed by atoms with van der Waals surface area (Å²) >= 11 is 1.32. The van der Waals surface area contributed by atoms with E-state index in [4.69, 9.17) is 10.5 Å². The minimum absolute atomic E-state index is 0.161. The van der Waals surface area contributed by atoms with Crippen LogP contribution in [0, 0.1) is 0 Å². The summed E-state index contributed by atoms with van der Waals surface area (Å²) in [5.74, 6) is 0.676. The fraction of sp³-hybridized carbons (Fsp3) is 0.769. The Morgan fingerprint density at radius 1 is 1.62 bits per heavy atom. The summed E-state index contributed by atoms with van der Waals surface area (Å²) in [6.07, 6.45) is 3.05. The van der Waals surface area contributed by atoms with Gasteiger partial charge in [-0.25, -0.2) is 0 Å². The molecule has 0 aromatic carbocycles. The molecule has 0 aliphatic carbocycles. The third-order valence-corrected chi connectivity index (χ3v) is 4.41. The van der Waals surface area contributed by atoms with Crippen LogP contribution in [-0.4, -0.2) is 46.3 Å². The highest BCUT2D eigenvalue weighted by atomic mass is 32.2. The molecular weight excluding hydrogens is 292 g/mol. The Balaban J connectivity index is 2.14. The van der Waals surface area contributed by atoms with Gasteiger partial charge in [0.05, 0.1) is 31.6 Å². The Kier molecular flexibility index (Phi) is 6.01. The zero-order valence-corrected chi connectivity index (χ0v) is 13.3. The summed E-state index contributed by atoms with van der Waals surface area (Å²) < 4.78 is 12.3. The maximum atomic E-state index is 11.3. The molecule has 1 aliphatic heterocycles. The van der Waals surface area contributed by atoms with Gasteiger partial charge in [-0.15, -0.1) is 10.2 Å². The van der Waals surface area contributed by atoms with E-state index in [0.717, 1.165) is 31.7 Å². The lowest BCUT2D eigenvalue weighted by Crippen LogP contribution is -2.22. The molecule has 2 atom stereocenters. The topological polar surface area (TPSA) is 92.3 Å². The predicted molar refractivity (Wildman–Crippen MR) is 79.0 cm³/mol. The van der Waals surface area contributed by atoms with Crippen LogP contribution in [0.2, 0.25) is 0 Å². The third-order valence-electron chi connectivity index (χ3n) is 3.47. The molecule has 0 bridgehead atoms. The molecule has 0 spiro atoms. The van der Waals surface area contributed by atoms with Crippen molar-refractivity contribution >= 4 is 17.7 Å². The number of aromatic nitrogens is 3. The number of thioether (sulfide) groups is 1. The molecule has 7 nitrogen and oxygen atoms in total. The van der Waals surface area contributed by atoms with Crippen LogP contribution in [0.25, 0.3) is 0 Å². The molecule has 1 aromatic heterocycles. The highest BCUT2D eigenvalue weighted by Gasteiger charge is 2.23. The number of nitrogens with two attached hydrogens (primary N) is 1. The molecule has 2 N–H and O–H groups in total. The number of carbonyl (C=O) groups excluding carboxylic acids is 1. The van der Waals surface area contributed by atoms with Crippen molar-refractivity contribution in [1.29, 1.82) is 0 Å². The summed E-state index contributed by atoms with van der Waals surface area (Å²) in [4.78, 5) is 11.3. The molecule has 2 unspecified atom stereocenters. The van der Waals surface area contributed by atoms with E-state index in [2.05, 4.69) is 14.9 Å². The van der Waals surface area contributed by atoms with Crippen LogP contribution < -0.4 is 5.73 Å². The van der Waals surface area contributed by atoms with Crippen LogP contribution >= 0.6 is 11.8 Å². The minimum Gasteiger partial charge on any atom is -0.468 e. The molecule has 1 aromatic rings. The number of rotatable bonds is 7. The number of methoxy groups -OCH3 is 1. The predicted octanol–water partition coefficient (Wildman–Crippen LogP) is 1.13. The molecule has 118 valence electrons. The van der Waals surface area contributed by atoms with Crippen molar-refractivity contribution in [3.8, 4) is 0 Å². The van der Waals surface area contributed by atoms with Crippen LogP contribution in [0.1, 0.15) is 38.1 Å². The standard InChI is InChI=1S/C13H22N4O3S/c1-3-10(14)12-15-16-13(21-8-11(18)19-2)17(12)7-9-5-4-6-20-9/h9-10H,3-8,14H2,1-2H3. The molecule has 0 amide bonds. The van der Waals surface area contributed by atoms with Crippen molar-refractivity contribution in [3.63, 3.8) is 0 Å². The van der Waals surface area contributed by atoms with Gasteiger partial charge in [0, 0.05) is 6.61 Å². The first-order valence-corrected chi connectivity index (χ1v) is 8.14. The van der Waals surface area contributed by atoms with Crippen LogP contribution in [0.5, 0.6) is 0 Å². The number of nitrogens with zero attached hydrogens (tertiary/aromatic N) is 3. The summed E-state index contributed by atoms with van der Waals surface area (Å²) in [7, 11) is 1.37. The van der Waals surface area contributed by atoms with E-state index >= 15 is 0 Å². The van der Waals surface area contributed by atoms with E-state index in [0.29, 0.717) is 11.7 Å². The second-order valence-corrected chi connectivity index (χ2v) is 5.91. The summed E-state index contributed by atoms with van der Waals surface area (Å²) in [5.41, 5.74) is 6.10. The normalized spacial score (nSPS) is 19.7. The Labute approximate surface area is 128 Å². The fourth-order valence-electron chi connectivity index (χ4n) is 2.21. The lowest BCUT2D eigenvalue weighted by Gasteiger charge is -2.16. The first-order chi connectivity index (χ1) is 10.2. The smallest absolute Gasteiger partial charge is 0.316 e. The average Bonchev–Trinajstić information content (AvgIpc) is 3.14. The van der Waals surface area contributed by atoms with Crippen molar-refractivity contribution in [3.05, 3.63) is 5.82 Å². The van der Waals surface area contributed by atoms with Crippen molar-refractivity contribution in [2.24, 2.45) is 5.73 Å². The molecule has 1 saturated heterocycles. The largest absolute Gasteiger partial charge is 0.468 e. The second-order valence-electron chi connectivity index (χ2n) is 4.97. The van der Waals surface area contributed by atoms with Crippen LogP contribution in [0.15, 0.2) is 5.16 Å². The number of carbonyl (C=O) groups is 1. The monoisotopic (exact) mass is 314 g/mol. The van der Waals surface area contributed by atoms with E-state index in [-0.39, 0.29) is 23.9 Å². The molecule has 1 aliphatic rings. The summed E-state index contributed by atoms with van der Waals surface area (Å²) in [6, 6.07) is -0.161. The summed E-state index contributed by atoms with van der Waals surface area (Å²) in [6.45, 7) is 3.49. The van der Waals surface area contributed by atoms with Gasteiger partial charge in [0.1, 0.15) is 0 Å². The number of ether oxygens (including phenoxy) is 2. The highest BCUT2D eigenvalue weighted by Crippen LogP contribution is 2.24.